The Bertz CT molecular complexity index is 706. The van der Waals surface area contributed by atoms with Crippen LogP contribution in [0.1, 0.15) is 55.1 Å². The third-order valence-corrected chi connectivity index (χ3v) is 5.72. The van der Waals surface area contributed by atoms with Crippen LogP contribution in [0.2, 0.25) is 4.34 Å². The first kappa shape index (κ1) is 21.4. The number of hydrogen-bond donors (Lipinski definition) is 2. The molecule has 0 spiro atoms. The summed E-state index contributed by atoms with van der Waals surface area (Å²) in [7, 11) is 0. The third kappa shape index (κ3) is 7.30. The number of carbonyl (C=O) groups is 4. The zero-order chi connectivity index (χ0) is 19.8. The number of halogens is 1. The van der Waals surface area contributed by atoms with Crippen molar-refractivity contribution in [3.8, 4) is 0 Å². The van der Waals surface area contributed by atoms with E-state index in [9.17, 15) is 19.2 Å². The molecule has 3 amide bonds. The predicted molar refractivity (Wildman–Crippen MR) is 102 cm³/mol. The Morgan fingerprint density at radius 1 is 1.19 bits per heavy atom. The van der Waals surface area contributed by atoms with Gasteiger partial charge in [0.15, 0.2) is 12.4 Å². The number of Topliss-reactive ketones (excluding diaryl/α,β-unsaturated/α-hetero) is 1. The van der Waals surface area contributed by atoms with Gasteiger partial charge in [-0.2, -0.15) is 0 Å². The van der Waals surface area contributed by atoms with Crippen molar-refractivity contribution in [3.63, 3.8) is 0 Å². The van der Waals surface area contributed by atoms with E-state index in [2.05, 4.69) is 17.6 Å². The molecule has 0 saturated heterocycles. The number of esters is 1. The number of nitrogens with one attached hydrogen (secondary N) is 2. The molecule has 1 fully saturated rings. The summed E-state index contributed by atoms with van der Waals surface area (Å²) in [5, 5.41) is 4.93. The van der Waals surface area contributed by atoms with Crippen LogP contribution < -0.4 is 10.6 Å². The van der Waals surface area contributed by atoms with E-state index in [1.54, 1.807) is 12.1 Å². The maximum atomic E-state index is 11.9. The van der Waals surface area contributed by atoms with Crippen LogP contribution >= 0.6 is 22.9 Å². The molecule has 0 aromatic carbocycles. The Morgan fingerprint density at radius 3 is 2.59 bits per heavy atom. The van der Waals surface area contributed by atoms with Crippen LogP contribution in [0.25, 0.3) is 0 Å². The third-order valence-electron chi connectivity index (χ3n) is 4.45. The second-order valence-electron chi connectivity index (χ2n) is 6.58. The molecule has 1 aliphatic rings. The van der Waals surface area contributed by atoms with E-state index in [-0.39, 0.29) is 24.7 Å². The first-order chi connectivity index (χ1) is 12.8. The normalized spacial score (nSPS) is 19.2. The Balaban J connectivity index is 1.63. The van der Waals surface area contributed by atoms with Crippen molar-refractivity contribution in [2.24, 2.45) is 5.92 Å². The van der Waals surface area contributed by atoms with Gasteiger partial charge in [0, 0.05) is 12.5 Å². The summed E-state index contributed by atoms with van der Waals surface area (Å²) in [5.74, 6) is -1.23. The van der Waals surface area contributed by atoms with E-state index >= 15 is 0 Å². The van der Waals surface area contributed by atoms with Gasteiger partial charge in [-0.05, 0) is 30.9 Å². The van der Waals surface area contributed by atoms with Crippen molar-refractivity contribution in [1.29, 1.82) is 0 Å². The van der Waals surface area contributed by atoms with Crippen LogP contribution in [0.5, 0.6) is 0 Å². The zero-order valence-electron chi connectivity index (χ0n) is 15.1. The smallest absolute Gasteiger partial charge is 0.321 e. The lowest BCUT2D eigenvalue weighted by atomic mass is 9.86. The number of imide groups is 1. The van der Waals surface area contributed by atoms with Crippen LogP contribution in [0.15, 0.2) is 12.1 Å². The number of rotatable bonds is 7. The fraction of sp³-hybridized carbons (Fsp3) is 0.556. The highest BCUT2D eigenvalue weighted by molar-refractivity contribution is 7.18. The van der Waals surface area contributed by atoms with E-state index < -0.39 is 24.5 Å². The van der Waals surface area contributed by atoms with Gasteiger partial charge in [0.05, 0.1) is 15.6 Å². The maximum absolute atomic E-state index is 11.9. The molecule has 0 bridgehead atoms. The molecule has 2 rings (SSSR count). The molecule has 148 valence electrons. The first-order valence-corrected chi connectivity index (χ1v) is 10.1. The largest absolute Gasteiger partial charge is 0.456 e. The lowest BCUT2D eigenvalue weighted by Gasteiger charge is -2.29. The maximum Gasteiger partial charge on any atom is 0.321 e. The Kier molecular flexibility index (Phi) is 8.24. The Morgan fingerprint density at radius 2 is 1.93 bits per heavy atom. The number of carbonyl (C=O) groups excluding carboxylic acids is 4. The van der Waals surface area contributed by atoms with Crippen molar-refractivity contribution in [3.05, 3.63) is 21.3 Å². The van der Waals surface area contributed by atoms with Crippen LogP contribution in [-0.2, 0) is 14.3 Å². The lowest BCUT2D eigenvalue weighted by Crippen LogP contribution is -2.48. The summed E-state index contributed by atoms with van der Waals surface area (Å²) in [6, 6.07) is 2.67. The Labute approximate surface area is 166 Å². The Hall–Kier alpha value is -1.93. The molecular weight excluding hydrogens is 392 g/mol. The summed E-state index contributed by atoms with van der Waals surface area (Å²) in [4.78, 5) is 47.6. The fourth-order valence-corrected chi connectivity index (χ4v) is 3.93. The summed E-state index contributed by atoms with van der Waals surface area (Å²) >= 11 is 6.90. The van der Waals surface area contributed by atoms with E-state index in [0.717, 1.165) is 37.0 Å². The summed E-state index contributed by atoms with van der Waals surface area (Å²) in [6.07, 6.45) is 3.97. The van der Waals surface area contributed by atoms with Crippen LogP contribution in [0.3, 0.4) is 0 Å². The molecule has 1 heterocycles. The molecule has 1 aromatic rings. The van der Waals surface area contributed by atoms with Crippen LogP contribution in [-0.4, -0.2) is 36.3 Å². The van der Waals surface area contributed by atoms with Crippen molar-refractivity contribution in [1.82, 2.24) is 10.6 Å². The molecule has 0 unspecified atom stereocenters. The van der Waals surface area contributed by atoms with Crippen molar-refractivity contribution < 1.29 is 23.9 Å². The van der Waals surface area contributed by atoms with E-state index in [4.69, 9.17) is 16.3 Å². The second kappa shape index (κ2) is 10.4. The molecule has 27 heavy (non-hydrogen) atoms. The molecule has 2 atom stereocenters. The number of ketones is 1. The van der Waals surface area contributed by atoms with Gasteiger partial charge in [0.1, 0.15) is 0 Å². The van der Waals surface area contributed by atoms with Gasteiger partial charge in [-0.25, -0.2) is 4.79 Å². The van der Waals surface area contributed by atoms with Gasteiger partial charge in [-0.15, -0.1) is 11.3 Å². The average Bonchev–Trinajstić information content (AvgIpc) is 3.06. The molecule has 1 aliphatic carbocycles. The van der Waals surface area contributed by atoms with Crippen molar-refractivity contribution in [2.75, 3.05) is 6.61 Å². The number of hydrogen-bond acceptors (Lipinski definition) is 6. The first-order valence-electron chi connectivity index (χ1n) is 8.89. The molecule has 2 N–H and O–H groups in total. The van der Waals surface area contributed by atoms with Crippen LogP contribution in [0.4, 0.5) is 4.79 Å². The number of urea groups is 1. The van der Waals surface area contributed by atoms with E-state index in [0.29, 0.717) is 15.1 Å². The highest BCUT2D eigenvalue weighted by atomic mass is 35.5. The standard InChI is InChI=1S/C18H23ClN2O5S/c1-11-4-2-3-5-12(11)20-18(25)21-16(23)10-26-17(24)9-6-13(22)14-7-8-15(19)27-14/h7-8,11-12H,2-6,9-10H2,1H3,(H2,20,21,23,25)/t11-,12-/m0/s1. The topological polar surface area (TPSA) is 102 Å². The lowest BCUT2D eigenvalue weighted by molar-refractivity contribution is -0.148. The molecule has 7 nitrogen and oxygen atoms in total. The van der Waals surface area contributed by atoms with Gasteiger partial charge < -0.3 is 10.1 Å². The molecule has 1 aromatic heterocycles. The summed E-state index contributed by atoms with van der Waals surface area (Å²) in [5.41, 5.74) is 0. The number of amides is 3. The van der Waals surface area contributed by atoms with Crippen molar-refractivity contribution >= 4 is 46.6 Å². The highest BCUT2D eigenvalue weighted by Gasteiger charge is 2.23. The number of ether oxygens (including phenoxy) is 1. The monoisotopic (exact) mass is 414 g/mol. The van der Waals surface area contributed by atoms with Gasteiger partial charge in [0.2, 0.25) is 0 Å². The highest BCUT2D eigenvalue weighted by Crippen LogP contribution is 2.24. The fourth-order valence-electron chi connectivity index (χ4n) is 2.92. The second-order valence-corrected chi connectivity index (χ2v) is 8.29. The van der Waals surface area contributed by atoms with Gasteiger partial charge in [0.25, 0.3) is 5.91 Å². The number of thiophene rings is 1. The quantitative estimate of drug-likeness (QED) is 0.526. The van der Waals surface area contributed by atoms with E-state index in [1.165, 1.54) is 0 Å². The molecule has 9 heteroatoms. The van der Waals surface area contributed by atoms with Crippen LogP contribution in [0, 0.1) is 5.92 Å². The SMILES string of the molecule is C[C@H]1CCCC[C@@H]1NC(=O)NC(=O)COC(=O)CCC(=O)c1ccc(Cl)s1. The average molecular weight is 415 g/mol. The molecular formula is C18H23ClN2O5S. The minimum absolute atomic E-state index is 0.0304. The minimum atomic E-state index is -0.708. The molecule has 0 aliphatic heterocycles. The van der Waals surface area contributed by atoms with Crippen molar-refractivity contribution in [2.45, 2.75) is 51.5 Å². The minimum Gasteiger partial charge on any atom is -0.456 e. The van der Waals surface area contributed by atoms with Gasteiger partial charge in [-0.3, -0.25) is 19.7 Å². The summed E-state index contributed by atoms with van der Waals surface area (Å²) in [6.45, 7) is 1.50. The van der Waals surface area contributed by atoms with Gasteiger partial charge >= 0.3 is 12.0 Å². The molecule has 1 saturated carbocycles. The molecule has 0 radical (unpaired) electrons. The van der Waals surface area contributed by atoms with E-state index in [1.807, 2.05) is 0 Å². The summed E-state index contributed by atoms with van der Waals surface area (Å²) < 4.78 is 5.30. The van der Waals surface area contributed by atoms with Gasteiger partial charge in [-0.1, -0.05) is 31.4 Å². The predicted octanol–water partition coefficient (Wildman–Crippen LogP) is 3.31. The zero-order valence-corrected chi connectivity index (χ0v) is 16.7.